The molecule has 0 unspecified atom stereocenters. The van der Waals surface area contributed by atoms with E-state index in [1.165, 1.54) is 6.92 Å². The first-order valence-corrected chi connectivity index (χ1v) is 8.67. The highest BCUT2D eigenvalue weighted by molar-refractivity contribution is 5.78. The van der Waals surface area contributed by atoms with Crippen molar-refractivity contribution >= 4 is 11.9 Å². The minimum absolute atomic E-state index is 0.0297. The number of ether oxygens (including phenoxy) is 4. The molecule has 0 bridgehead atoms. The maximum Gasteiger partial charge on any atom is 0.366 e. The van der Waals surface area contributed by atoms with Gasteiger partial charge >= 0.3 is 5.97 Å². The van der Waals surface area contributed by atoms with Gasteiger partial charge in [0.05, 0.1) is 19.3 Å². The van der Waals surface area contributed by atoms with Crippen LogP contribution in [0.3, 0.4) is 0 Å². The van der Waals surface area contributed by atoms with Gasteiger partial charge in [-0.05, 0) is 20.8 Å². The fraction of sp³-hybridized carbons (Fsp3) is 0.875. The van der Waals surface area contributed by atoms with Crippen LogP contribution >= 0.6 is 0 Å². The van der Waals surface area contributed by atoms with E-state index in [1.54, 1.807) is 13.8 Å². The van der Waals surface area contributed by atoms with Crippen molar-refractivity contribution in [2.45, 2.75) is 75.8 Å². The van der Waals surface area contributed by atoms with Gasteiger partial charge < -0.3 is 45.3 Å². The van der Waals surface area contributed by atoms with Crippen molar-refractivity contribution in [1.82, 2.24) is 5.32 Å². The summed E-state index contributed by atoms with van der Waals surface area (Å²) in [6.07, 6.45) is -6.42. The van der Waals surface area contributed by atoms with Gasteiger partial charge in [0.25, 0.3) is 5.79 Å². The molecule has 0 aromatic carbocycles. The lowest BCUT2D eigenvalue weighted by atomic mass is 9.83. The zero-order chi connectivity index (χ0) is 20.6. The molecular formula is C16H28N2O9. The fourth-order valence-electron chi connectivity index (χ4n) is 3.24. The first kappa shape index (κ1) is 22.0. The zero-order valence-electron chi connectivity index (χ0n) is 15.8. The molecule has 2 aliphatic heterocycles. The smallest absolute Gasteiger partial charge is 0.366 e. The molecule has 0 aromatic rings. The Hall–Kier alpha value is -1.34. The Kier molecular flexibility index (Phi) is 6.17. The Morgan fingerprint density at radius 2 is 2.00 bits per heavy atom. The van der Waals surface area contributed by atoms with Crippen LogP contribution in [0.15, 0.2) is 0 Å². The maximum absolute atomic E-state index is 12.1. The Balaban J connectivity index is 2.35. The Morgan fingerprint density at radius 3 is 2.48 bits per heavy atom. The van der Waals surface area contributed by atoms with Gasteiger partial charge in [-0.15, -0.1) is 0 Å². The molecule has 2 fully saturated rings. The van der Waals surface area contributed by atoms with E-state index in [-0.39, 0.29) is 13.2 Å². The summed E-state index contributed by atoms with van der Waals surface area (Å²) in [6.45, 7) is 5.89. The summed E-state index contributed by atoms with van der Waals surface area (Å²) in [7, 11) is 0. The summed E-state index contributed by atoms with van der Waals surface area (Å²) in [6, 6.07) is 0. The first-order chi connectivity index (χ1) is 12.3. The van der Waals surface area contributed by atoms with Crippen molar-refractivity contribution in [2.75, 3.05) is 13.2 Å². The van der Waals surface area contributed by atoms with E-state index >= 15 is 0 Å². The summed E-state index contributed by atoms with van der Waals surface area (Å²) in [5.41, 5.74) is 4.15. The fourth-order valence-corrected chi connectivity index (χ4v) is 3.24. The van der Waals surface area contributed by atoms with Crippen molar-refractivity contribution in [3.63, 3.8) is 0 Å². The molecular weight excluding hydrogens is 364 g/mol. The molecule has 2 saturated heterocycles. The van der Waals surface area contributed by atoms with Gasteiger partial charge in [-0.1, -0.05) is 0 Å². The molecule has 2 aliphatic rings. The summed E-state index contributed by atoms with van der Waals surface area (Å²) in [4.78, 5) is 23.7. The molecule has 0 aliphatic carbocycles. The molecule has 27 heavy (non-hydrogen) atoms. The topological polar surface area (TPSA) is 170 Å². The van der Waals surface area contributed by atoms with Crippen LogP contribution in [0.2, 0.25) is 0 Å². The quantitative estimate of drug-likeness (QED) is 0.253. The van der Waals surface area contributed by atoms with E-state index < -0.39 is 60.0 Å². The van der Waals surface area contributed by atoms with E-state index in [1.807, 2.05) is 0 Å². The average Bonchev–Trinajstić information content (AvgIpc) is 2.90. The highest BCUT2D eigenvalue weighted by Gasteiger charge is 2.61. The zero-order valence-corrected chi connectivity index (χ0v) is 15.8. The number of esters is 1. The number of nitrogens with two attached hydrogens (primary N) is 1. The molecule has 11 heteroatoms. The largest absolute Gasteiger partial charge is 0.462 e. The highest BCUT2D eigenvalue weighted by atomic mass is 16.7. The number of aliphatic hydroxyl groups is 3. The highest BCUT2D eigenvalue weighted by Crippen LogP contribution is 2.37. The predicted octanol–water partition coefficient (Wildman–Crippen LogP) is -2.31. The minimum atomic E-state index is -2.56. The normalized spacial score (nSPS) is 39.6. The van der Waals surface area contributed by atoms with Gasteiger partial charge in [0.2, 0.25) is 5.91 Å². The Labute approximate surface area is 156 Å². The third-order valence-corrected chi connectivity index (χ3v) is 4.52. The third-order valence-electron chi connectivity index (χ3n) is 4.52. The van der Waals surface area contributed by atoms with Crippen LogP contribution in [0.1, 0.15) is 34.1 Å². The summed E-state index contributed by atoms with van der Waals surface area (Å²) < 4.78 is 21.2. The van der Waals surface area contributed by atoms with E-state index in [4.69, 9.17) is 24.7 Å². The molecule has 0 radical (unpaired) electrons. The van der Waals surface area contributed by atoms with E-state index in [0.29, 0.717) is 0 Å². The second-order valence-corrected chi connectivity index (χ2v) is 7.24. The molecule has 2 rings (SSSR count). The summed E-state index contributed by atoms with van der Waals surface area (Å²) >= 11 is 0. The maximum atomic E-state index is 12.1. The number of rotatable bonds is 5. The van der Waals surface area contributed by atoms with Crippen LogP contribution < -0.4 is 11.1 Å². The van der Waals surface area contributed by atoms with E-state index in [9.17, 15) is 24.9 Å². The van der Waals surface area contributed by atoms with Gasteiger partial charge in [-0.2, -0.15) is 0 Å². The number of nitrogens with one attached hydrogen (secondary N) is 1. The predicted molar refractivity (Wildman–Crippen MR) is 88.7 cm³/mol. The van der Waals surface area contributed by atoms with Crippen molar-refractivity contribution in [2.24, 2.45) is 5.73 Å². The molecule has 6 atom stereocenters. The monoisotopic (exact) mass is 392 g/mol. The van der Waals surface area contributed by atoms with Crippen LogP contribution in [0, 0.1) is 0 Å². The Morgan fingerprint density at radius 1 is 1.37 bits per heavy atom. The van der Waals surface area contributed by atoms with Crippen LogP contribution in [0.25, 0.3) is 0 Å². The molecule has 0 spiro atoms. The van der Waals surface area contributed by atoms with Gasteiger partial charge in [-0.25, -0.2) is 4.79 Å². The SMILES string of the molecule is CCOC(=O)[C@]1(O)C[C@H](O)[C@](N)(NC(C)=O)[C@H]([C@H](O)[C@H]2COC(C)(C)O2)O1. The lowest BCUT2D eigenvalue weighted by Gasteiger charge is -2.51. The van der Waals surface area contributed by atoms with Crippen LogP contribution in [-0.4, -0.2) is 82.1 Å². The van der Waals surface area contributed by atoms with E-state index in [2.05, 4.69) is 5.32 Å². The third kappa shape index (κ3) is 4.40. The Bertz CT molecular complexity index is 586. The molecule has 156 valence electrons. The summed E-state index contributed by atoms with van der Waals surface area (Å²) in [5, 5.41) is 34.2. The number of carbonyl (C=O) groups excluding carboxylic acids is 2. The molecule has 6 N–H and O–H groups in total. The molecule has 11 nitrogen and oxygen atoms in total. The van der Waals surface area contributed by atoms with Crippen LogP contribution in [0.5, 0.6) is 0 Å². The number of aliphatic hydroxyl groups excluding tert-OH is 2. The molecule has 0 saturated carbocycles. The van der Waals surface area contributed by atoms with Crippen molar-refractivity contribution < 1.29 is 43.9 Å². The number of carbonyl (C=O) groups is 2. The standard InChI is InChI=1S/C16H28N2O9/c1-5-24-13(22)15(23)6-10(20)16(17,18-8(2)19)12(27-15)11(21)9-7-25-14(3,4)26-9/h9-12,20-21,23H,5-7,17H2,1-4H3,(H,18,19)/t9-,10+,11-,12+,15+,16+/m1/s1. The van der Waals surface area contributed by atoms with Gasteiger partial charge in [0, 0.05) is 13.3 Å². The van der Waals surface area contributed by atoms with E-state index in [0.717, 1.165) is 6.92 Å². The van der Waals surface area contributed by atoms with Crippen molar-refractivity contribution in [3.8, 4) is 0 Å². The molecule has 2 heterocycles. The van der Waals surface area contributed by atoms with Gasteiger partial charge in [-0.3, -0.25) is 4.79 Å². The van der Waals surface area contributed by atoms with Crippen LogP contribution in [0.4, 0.5) is 0 Å². The average molecular weight is 392 g/mol. The lowest BCUT2D eigenvalue weighted by Crippen LogP contribution is -2.79. The second-order valence-electron chi connectivity index (χ2n) is 7.24. The van der Waals surface area contributed by atoms with Crippen molar-refractivity contribution in [1.29, 1.82) is 0 Å². The molecule has 1 amide bonds. The van der Waals surface area contributed by atoms with Gasteiger partial charge in [0.15, 0.2) is 5.79 Å². The van der Waals surface area contributed by atoms with Crippen LogP contribution in [-0.2, 0) is 28.5 Å². The summed E-state index contributed by atoms with van der Waals surface area (Å²) in [5.74, 6) is -5.29. The lowest BCUT2D eigenvalue weighted by molar-refractivity contribution is -0.313. The van der Waals surface area contributed by atoms with Gasteiger partial charge in [0.1, 0.15) is 24.0 Å². The minimum Gasteiger partial charge on any atom is -0.462 e. The number of amides is 1. The number of hydrogen-bond acceptors (Lipinski definition) is 10. The molecule has 0 aromatic heterocycles. The second kappa shape index (κ2) is 7.59. The number of hydrogen-bond donors (Lipinski definition) is 5. The van der Waals surface area contributed by atoms with Crippen molar-refractivity contribution in [3.05, 3.63) is 0 Å². The first-order valence-electron chi connectivity index (χ1n) is 8.67.